The third-order valence-corrected chi connectivity index (χ3v) is 4.12. The molecule has 2 rings (SSSR count). The van der Waals surface area contributed by atoms with Crippen molar-refractivity contribution in [3.63, 3.8) is 0 Å². The van der Waals surface area contributed by atoms with Gasteiger partial charge in [-0.3, -0.25) is 0 Å². The molecular formula is C22H28O. The van der Waals surface area contributed by atoms with Gasteiger partial charge in [0.2, 0.25) is 0 Å². The molecular weight excluding hydrogens is 280 g/mol. The van der Waals surface area contributed by atoms with Gasteiger partial charge < -0.3 is 5.11 Å². The molecule has 0 amide bonds. The first-order valence-electron chi connectivity index (χ1n) is 8.83. The van der Waals surface area contributed by atoms with Crippen LogP contribution < -0.4 is 0 Å². The molecule has 1 heteroatoms. The Hall–Kier alpha value is -1.86. The SMILES string of the molecule is OCCCCCCCC/C=C/c1ccccc1-c1ccccc1. The predicted molar refractivity (Wildman–Crippen MR) is 100 cm³/mol. The quantitative estimate of drug-likeness (QED) is 0.526. The first-order valence-corrected chi connectivity index (χ1v) is 8.83. The molecule has 0 saturated carbocycles. The summed E-state index contributed by atoms with van der Waals surface area (Å²) in [6.07, 6.45) is 12.9. The molecule has 0 fully saturated rings. The number of aliphatic hydroxyl groups is 1. The molecule has 0 bridgehead atoms. The lowest BCUT2D eigenvalue weighted by atomic mass is 9.99. The van der Waals surface area contributed by atoms with Gasteiger partial charge in [-0.25, -0.2) is 0 Å². The zero-order valence-electron chi connectivity index (χ0n) is 14.0. The van der Waals surface area contributed by atoms with E-state index in [1.165, 1.54) is 42.4 Å². The summed E-state index contributed by atoms with van der Waals surface area (Å²) in [6, 6.07) is 19.2. The second-order valence-corrected chi connectivity index (χ2v) is 5.99. The summed E-state index contributed by atoms with van der Waals surface area (Å²) in [5.74, 6) is 0. The van der Waals surface area contributed by atoms with Crippen molar-refractivity contribution >= 4 is 6.08 Å². The second-order valence-electron chi connectivity index (χ2n) is 5.99. The Morgan fingerprint density at radius 2 is 1.35 bits per heavy atom. The van der Waals surface area contributed by atoms with E-state index in [4.69, 9.17) is 5.11 Å². The topological polar surface area (TPSA) is 20.2 Å². The monoisotopic (exact) mass is 308 g/mol. The van der Waals surface area contributed by atoms with E-state index in [0.717, 1.165) is 19.3 Å². The van der Waals surface area contributed by atoms with Gasteiger partial charge in [-0.1, -0.05) is 92.4 Å². The van der Waals surface area contributed by atoms with Gasteiger partial charge in [0.05, 0.1) is 0 Å². The Bertz CT molecular complexity index is 572. The van der Waals surface area contributed by atoms with Crippen LogP contribution in [0.15, 0.2) is 60.7 Å². The van der Waals surface area contributed by atoms with E-state index in [9.17, 15) is 0 Å². The minimum absolute atomic E-state index is 0.337. The summed E-state index contributed by atoms with van der Waals surface area (Å²) < 4.78 is 0. The standard InChI is InChI=1S/C22H28O/c23-19-13-6-4-2-1-3-5-8-14-21-17-11-12-18-22(21)20-15-9-7-10-16-20/h7-12,14-18,23H,1-6,13,19H2/b14-8+. The van der Waals surface area contributed by atoms with E-state index in [0.29, 0.717) is 6.61 Å². The smallest absolute Gasteiger partial charge is 0.0431 e. The normalized spacial score (nSPS) is 11.2. The molecule has 0 radical (unpaired) electrons. The van der Waals surface area contributed by atoms with Crippen molar-refractivity contribution in [2.45, 2.75) is 44.9 Å². The summed E-state index contributed by atoms with van der Waals surface area (Å²) in [7, 11) is 0. The number of hydrogen-bond donors (Lipinski definition) is 1. The van der Waals surface area contributed by atoms with Crippen molar-refractivity contribution in [1.82, 2.24) is 0 Å². The fraction of sp³-hybridized carbons (Fsp3) is 0.364. The molecule has 0 heterocycles. The van der Waals surface area contributed by atoms with Crippen LogP contribution in [0.25, 0.3) is 17.2 Å². The van der Waals surface area contributed by atoms with Crippen molar-refractivity contribution in [3.8, 4) is 11.1 Å². The number of hydrogen-bond acceptors (Lipinski definition) is 1. The highest BCUT2D eigenvalue weighted by atomic mass is 16.2. The molecule has 0 spiro atoms. The average Bonchev–Trinajstić information content (AvgIpc) is 2.61. The highest BCUT2D eigenvalue weighted by Gasteiger charge is 2.00. The molecule has 1 nitrogen and oxygen atoms in total. The van der Waals surface area contributed by atoms with Crippen LogP contribution in [0, 0.1) is 0 Å². The average molecular weight is 308 g/mol. The van der Waals surface area contributed by atoms with Gasteiger partial charge in [-0.05, 0) is 36.0 Å². The molecule has 2 aromatic rings. The number of allylic oxidation sites excluding steroid dienone is 1. The van der Waals surface area contributed by atoms with E-state index in [-0.39, 0.29) is 0 Å². The Kier molecular flexibility index (Phi) is 8.21. The van der Waals surface area contributed by atoms with Crippen molar-refractivity contribution < 1.29 is 5.11 Å². The van der Waals surface area contributed by atoms with Crippen LogP contribution in [0.5, 0.6) is 0 Å². The molecule has 122 valence electrons. The van der Waals surface area contributed by atoms with Crippen LogP contribution in [0.2, 0.25) is 0 Å². The van der Waals surface area contributed by atoms with E-state index in [2.05, 4.69) is 66.7 Å². The maximum atomic E-state index is 8.74. The predicted octanol–water partition coefficient (Wildman–Crippen LogP) is 6.09. The fourth-order valence-corrected chi connectivity index (χ4v) is 2.81. The highest BCUT2D eigenvalue weighted by molar-refractivity contribution is 5.75. The summed E-state index contributed by atoms with van der Waals surface area (Å²) in [5.41, 5.74) is 3.87. The van der Waals surface area contributed by atoms with E-state index >= 15 is 0 Å². The zero-order chi connectivity index (χ0) is 16.2. The summed E-state index contributed by atoms with van der Waals surface area (Å²) in [6.45, 7) is 0.337. The molecule has 2 aromatic carbocycles. The third kappa shape index (κ3) is 6.42. The molecule has 0 aliphatic rings. The molecule has 0 saturated heterocycles. The van der Waals surface area contributed by atoms with E-state index in [1.54, 1.807) is 0 Å². The van der Waals surface area contributed by atoms with Gasteiger partial charge in [0.15, 0.2) is 0 Å². The van der Waals surface area contributed by atoms with Crippen molar-refractivity contribution in [2.24, 2.45) is 0 Å². The first-order chi connectivity index (χ1) is 11.4. The minimum atomic E-state index is 0.337. The molecule has 0 aliphatic carbocycles. The Labute approximate surface area is 140 Å². The summed E-state index contributed by atoms with van der Waals surface area (Å²) in [4.78, 5) is 0. The zero-order valence-corrected chi connectivity index (χ0v) is 14.0. The van der Waals surface area contributed by atoms with Crippen molar-refractivity contribution in [2.75, 3.05) is 6.61 Å². The van der Waals surface area contributed by atoms with Gasteiger partial charge >= 0.3 is 0 Å². The van der Waals surface area contributed by atoms with Crippen LogP contribution in [0.1, 0.15) is 50.5 Å². The van der Waals surface area contributed by atoms with Gasteiger partial charge in [0.25, 0.3) is 0 Å². The van der Waals surface area contributed by atoms with Crippen LogP contribution in [0.3, 0.4) is 0 Å². The Balaban J connectivity index is 1.79. The molecule has 0 aliphatic heterocycles. The Morgan fingerprint density at radius 3 is 2.13 bits per heavy atom. The number of unbranched alkanes of at least 4 members (excludes halogenated alkanes) is 6. The maximum Gasteiger partial charge on any atom is 0.0431 e. The first kappa shape index (κ1) is 17.5. The van der Waals surface area contributed by atoms with Gasteiger partial charge in [0, 0.05) is 6.61 Å². The van der Waals surface area contributed by atoms with E-state index in [1.807, 2.05) is 0 Å². The third-order valence-electron chi connectivity index (χ3n) is 4.12. The van der Waals surface area contributed by atoms with Crippen molar-refractivity contribution in [1.29, 1.82) is 0 Å². The maximum absolute atomic E-state index is 8.74. The number of benzene rings is 2. The number of aliphatic hydroxyl groups excluding tert-OH is 1. The lowest BCUT2D eigenvalue weighted by Gasteiger charge is -2.06. The molecule has 0 atom stereocenters. The molecule has 0 unspecified atom stereocenters. The summed E-state index contributed by atoms with van der Waals surface area (Å²) >= 11 is 0. The van der Waals surface area contributed by atoms with Gasteiger partial charge in [0.1, 0.15) is 0 Å². The number of rotatable bonds is 10. The second kappa shape index (κ2) is 10.8. The van der Waals surface area contributed by atoms with Crippen LogP contribution in [-0.4, -0.2) is 11.7 Å². The van der Waals surface area contributed by atoms with Crippen LogP contribution in [-0.2, 0) is 0 Å². The lowest BCUT2D eigenvalue weighted by Crippen LogP contribution is -1.84. The van der Waals surface area contributed by atoms with E-state index < -0.39 is 0 Å². The summed E-state index contributed by atoms with van der Waals surface area (Å²) in [5, 5.41) is 8.74. The minimum Gasteiger partial charge on any atom is -0.396 e. The molecule has 0 aromatic heterocycles. The molecule has 1 N–H and O–H groups in total. The highest BCUT2D eigenvalue weighted by Crippen LogP contribution is 2.24. The largest absolute Gasteiger partial charge is 0.396 e. The van der Waals surface area contributed by atoms with Crippen LogP contribution >= 0.6 is 0 Å². The molecule has 23 heavy (non-hydrogen) atoms. The fourth-order valence-electron chi connectivity index (χ4n) is 2.81. The van der Waals surface area contributed by atoms with Crippen LogP contribution in [0.4, 0.5) is 0 Å². The van der Waals surface area contributed by atoms with Gasteiger partial charge in [-0.2, -0.15) is 0 Å². The lowest BCUT2D eigenvalue weighted by molar-refractivity contribution is 0.282. The Morgan fingerprint density at radius 1 is 0.696 bits per heavy atom. The van der Waals surface area contributed by atoms with Gasteiger partial charge in [-0.15, -0.1) is 0 Å². The van der Waals surface area contributed by atoms with Crippen molar-refractivity contribution in [3.05, 3.63) is 66.2 Å².